The predicted molar refractivity (Wildman–Crippen MR) is 84.4 cm³/mol. The van der Waals surface area contributed by atoms with Gasteiger partial charge in [-0.2, -0.15) is 0 Å². The van der Waals surface area contributed by atoms with Gasteiger partial charge in [-0.1, -0.05) is 51.5 Å². The Labute approximate surface area is 122 Å². The van der Waals surface area contributed by atoms with Crippen molar-refractivity contribution in [2.45, 2.75) is 52.5 Å². The number of hydrogen-bond donors (Lipinski definition) is 2. The molecule has 0 heterocycles. The summed E-state index contributed by atoms with van der Waals surface area (Å²) in [6.07, 6.45) is 3.95. The molecule has 0 aliphatic rings. The highest BCUT2D eigenvalue weighted by Gasteiger charge is 2.17. The van der Waals surface area contributed by atoms with Crippen LogP contribution in [0.3, 0.4) is 0 Å². The fourth-order valence-corrected chi connectivity index (χ4v) is 2.28. The average Bonchev–Trinajstić information content (AvgIpc) is 2.43. The number of carbonyl (C=O) groups is 1. The van der Waals surface area contributed by atoms with E-state index >= 15 is 0 Å². The quantitative estimate of drug-likeness (QED) is 0.766. The molecule has 1 rings (SSSR count). The van der Waals surface area contributed by atoms with Crippen molar-refractivity contribution in [1.82, 2.24) is 5.32 Å². The Morgan fingerprint density at radius 1 is 1.25 bits per heavy atom. The van der Waals surface area contributed by atoms with Crippen LogP contribution in [0.4, 0.5) is 0 Å². The van der Waals surface area contributed by atoms with Gasteiger partial charge < -0.3 is 11.1 Å². The maximum atomic E-state index is 11.7. The average molecular weight is 276 g/mol. The van der Waals surface area contributed by atoms with Gasteiger partial charge in [0.25, 0.3) is 0 Å². The number of nitrogens with one attached hydrogen (secondary N) is 1. The molecular weight excluding hydrogens is 248 g/mol. The molecule has 1 unspecified atom stereocenters. The van der Waals surface area contributed by atoms with Crippen LogP contribution in [0.15, 0.2) is 24.3 Å². The molecule has 112 valence electrons. The fraction of sp³-hybridized carbons (Fsp3) is 0.588. The van der Waals surface area contributed by atoms with E-state index in [0.717, 1.165) is 6.42 Å². The Morgan fingerprint density at radius 2 is 1.90 bits per heavy atom. The highest BCUT2D eigenvalue weighted by atomic mass is 16.1. The topological polar surface area (TPSA) is 55.1 Å². The molecule has 1 amide bonds. The largest absolute Gasteiger partial charge is 0.349 e. The molecule has 0 aliphatic heterocycles. The molecule has 0 radical (unpaired) electrons. The summed E-state index contributed by atoms with van der Waals surface area (Å²) in [4.78, 5) is 11.7. The van der Waals surface area contributed by atoms with E-state index in [-0.39, 0.29) is 11.9 Å². The van der Waals surface area contributed by atoms with Gasteiger partial charge in [0, 0.05) is 13.0 Å². The van der Waals surface area contributed by atoms with Crippen LogP contribution >= 0.6 is 0 Å². The van der Waals surface area contributed by atoms with E-state index in [4.69, 9.17) is 5.73 Å². The van der Waals surface area contributed by atoms with Crippen molar-refractivity contribution < 1.29 is 4.79 Å². The molecule has 3 heteroatoms. The third kappa shape index (κ3) is 5.33. The van der Waals surface area contributed by atoms with Crippen LogP contribution in [0.2, 0.25) is 0 Å². The molecule has 0 aromatic heterocycles. The minimum absolute atomic E-state index is 0.0289. The first kappa shape index (κ1) is 16.7. The summed E-state index contributed by atoms with van der Waals surface area (Å²) in [5.74, 6) is 0.388. The lowest BCUT2D eigenvalue weighted by molar-refractivity contribution is -0.122. The molecule has 20 heavy (non-hydrogen) atoms. The second-order valence-electron chi connectivity index (χ2n) is 5.67. The van der Waals surface area contributed by atoms with E-state index in [1.165, 1.54) is 24.0 Å². The van der Waals surface area contributed by atoms with Gasteiger partial charge >= 0.3 is 0 Å². The number of nitrogens with two attached hydrogens (primary N) is 1. The van der Waals surface area contributed by atoms with E-state index in [9.17, 15) is 4.79 Å². The van der Waals surface area contributed by atoms with Gasteiger partial charge in [-0.3, -0.25) is 4.79 Å². The Morgan fingerprint density at radius 3 is 2.40 bits per heavy atom. The predicted octanol–water partition coefficient (Wildman–Crippen LogP) is 3.19. The minimum atomic E-state index is 0.0289. The molecule has 0 spiro atoms. The minimum Gasteiger partial charge on any atom is -0.349 e. The molecular formula is C17H28N2O. The first-order valence-corrected chi connectivity index (χ1v) is 7.66. The summed E-state index contributed by atoms with van der Waals surface area (Å²) in [6, 6.07) is 8.69. The van der Waals surface area contributed by atoms with Crippen LogP contribution in [-0.2, 0) is 11.2 Å². The molecule has 1 aromatic carbocycles. The summed E-state index contributed by atoms with van der Waals surface area (Å²) in [5.41, 5.74) is 7.96. The molecule has 0 fully saturated rings. The smallest absolute Gasteiger partial charge is 0.221 e. The van der Waals surface area contributed by atoms with Gasteiger partial charge in [-0.25, -0.2) is 0 Å². The van der Waals surface area contributed by atoms with Crippen LogP contribution in [0.25, 0.3) is 0 Å². The Kier molecular flexibility index (Phi) is 7.31. The van der Waals surface area contributed by atoms with Crippen LogP contribution in [0, 0.1) is 5.92 Å². The second-order valence-corrected chi connectivity index (χ2v) is 5.67. The van der Waals surface area contributed by atoms with Crippen LogP contribution < -0.4 is 11.1 Å². The van der Waals surface area contributed by atoms with Gasteiger partial charge in [0.15, 0.2) is 0 Å². The molecule has 0 saturated heterocycles. The zero-order chi connectivity index (χ0) is 15.0. The zero-order valence-electron chi connectivity index (χ0n) is 13.0. The zero-order valence-corrected chi connectivity index (χ0v) is 13.0. The number of carbonyl (C=O) groups excluding carboxylic acids is 1. The van der Waals surface area contributed by atoms with Crippen LogP contribution in [0.1, 0.15) is 57.2 Å². The lowest BCUT2D eigenvalue weighted by Gasteiger charge is -2.23. The van der Waals surface area contributed by atoms with Gasteiger partial charge in [0.1, 0.15) is 0 Å². The SMILES string of the molecule is CCCCc1ccc(C(NC(=O)CCN)C(C)C)cc1. The van der Waals surface area contributed by atoms with Gasteiger partial charge in [0.05, 0.1) is 6.04 Å². The van der Waals surface area contributed by atoms with E-state index in [2.05, 4.69) is 50.4 Å². The third-order valence-electron chi connectivity index (χ3n) is 3.51. The van der Waals surface area contributed by atoms with Crippen LogP contribution in [-0.4, -0.2) is 12.5 Å². The summed E-state index contributed by atoms with van der Waals surface area (Å²) in [5, 5.41) is 3.08. The van der Waals surface area contributed by atoms with Crippen molar-refractivity contribution in [3.63, 3.8) is 0 Å². The van der Waals surface area contributed by atoms with Crippen molar-refractivity contribution in [3.8, 4) is 0 Å². The Bertz CT molecular complexity index is 398. The van der Waals surface area contributed by atoms with Crippen molar-refractivity contribution in [2.75, 3.05) is 6.54 Å². The van der Waals surface area contributed by atoms with E-state index in [1.54, 1.807) is 0 Å². The first-order chi connectivity index (χ1) is 9.58. The number of amides is 1. The fourth-order valence-electron chi connectivity index (χ4n) is 2.28. The summed E-state index contributed by atoms with van der Waals surface area (Å²) in [6.45, 7) is 6.85. The lowest BCUT2D eigenvalue weighted by Crippen LogP contribution is -2.32. The number of aryl methyl sites for hydroxylation is 1. The normalized spacial score (nSPS) is 12.4. The number of benzene rings is 1. The standard InChI is InChI=1S/C17H28N2O/c1-4-5-6-14-7-9-15(10-8-14)17(13(2)3)19-16(20)11-12-18/h7-10,13,17H,4-6,11-12,18H2,1-3H3,(H,19,20). The van der Waals surface area contributed by atoms with Crippen molar-refractivity contribution in [2.24, 2.45) is 11.7 Å². The molecule has 0 saturated carbocycles. The van der Waals surface area contributed by atoms with Gasteiger partial charge in [0.2, 0.25) is 5.91 Å². The highest BCUT2D eigenvalue weighted by molar-refractivity contribution is 5.76. The Hall–Kier alpha value is -1.35. The lowest BCUT2D eigenvalue weighted by atomic mass is 9.94. The number of hydrogen-bond acceptors (Lipinski definition) is 2. The van der Waals surface area contributed by atoms with E-state index < -0.39 is 0 Å². The molecule has 0 bridgehead atoms. The molecule has 3 N–H and O–H groups in total. The summed E-state index contributed by atoms with van der Waals surface area (Å²) >= 11 is 0. The van der Waals surface area contributed by atoms with E-state index in [1.807, 2.05) is 0 Å². The summed E-state index contributed by atoms with van der Waals surface area (Å²) < 4.78 is 0. The highest BCUT2D eigenvalue weighted by Crippen LogP contribution is 2.22. The van der Waals surface area contributed by atoms with Crippen molar-refractivity contribution >= 4 is 5.91 Å². The molecule has 1 aromatic rings. The van der Waals surface area contributed by atoms with Crippen molar-refractivity contribution in [1.29, 1.82) is 0 Å². The van der Waals surface area contributed by atoms with Crippen molar-refractivity contribution in [3.05, 3.63) is 35.4 Å². The van der Waals surface area contributed by atoms with Crippen LogP contribution in [0.5, 0.6) is 0 Å². The molecule has 0 aliphatic carbocycles. The maximum absolute atomic E-state index is 11.7. The van der Waals surface area contributed by atoms with Gasteiger partial charge in [-0.15, -0.1) is 0 Å². The van der Waals surface area contributed by atoms with E-state index in [0.29, 0.717) is 18.9 Å². The summed E-state index contributed by atoms with van der Waals surface area (Å²) in [7, 11) is 0. The molecule has 1 atom stereocenters. The first-order valence-electron chi connectivity index (χ1n) is 7.66. The second kappa shape index (κ2) is 8.75. The molecule has 3 nitrogen and oxygen atoms in total. The maximum Gasteiger partial charge on any atom is 0.221 e. The number of unbranched alkanes of at least 4 members (excludes halogenated alkanes) is 1. The Balaban J connectivity index is 2.74. The third-order valence-corrected chi connectivity index (χ3v) is 3.51. The van der Waals surface area contributed by atoms with Gasteiger partial charge in [-0.05, 0) is 29.9 Å². The monoisotopic (exact) mass is 276 g/mol. The number of rotatable bonds is 8.